The molecule has 1 N–H and O–H groups in total. The molecule has 28 heavy (non-hydrogen) atoms. The first kappa shape index (κ1) is 20.9. The molecule has 0 spiro atoms. The normalized spacial score (nSPS) is 20.1. The zero-order valence-corrected chi connectivity index (χ0v) is 18.2. The number of hydrogen-bond acceptors (Lipinski definition) is 5. The summed E-state index contributed by atoms with van der Waals surface area (Å²) < 4.78 is 54.1. The summed E-state index contributed by atoms with van der Waals surface area (Å²) in [5.41, 5.74) is 0.558. The Bertz CT molecular complexity index is 960. The van der Waals surface area contributed by atoms with Crippen LogP contribution in [0.25, 0.3) is 0 Å². The highest BCUT2D eigenvalue weighted by molar-refractivity contribution is 9.10. The second-order valence-electron chi connectivity index (χ2n) is 6.73. The summed E-state index contributed by atoms with van der Waals surface area (Å²) >= 11 is 3.25. The van der Waals surface area contributed by atoms with Crippen LogP contribution in [0.5, 0.6) is 5.75 Å². The fourth-order valence-electron chi connectivity index (χ4n) is 3.27. The number of sulfonamides is 1. The molecule has 0 unspecified atom stereocenters. The Morgan fingerprint density at radius 3 is 2.46 bits per heavy atom. The third-order valence-electron chi connectivity index (χ3n) is 4.38. The molecule has 0 bridgehead atoms. The molecule has 1 heterocycles. The van der Waals surface area contributed by atoms with E-state index in [2.05, 4.69) is 20.7 Å². The molecule has 9 heteroatoms. The number of rotatable bonds is 5. The van der Waals surface area contributed by atoms with Crippen LogP contribution in [0, 0.1) is 5.82 Å². The van der Waals surface area contributed by atoms with E-state index in [9.17, 15) is 12.8 Å². The van der Waals surface area contributed by atoms with Crippen LogP contribution in [0.1, 0.15) is 13.8 Å². The Hall–Kier alpha value is -1.84. The van der Waals surface area contributed by atoms with Crippen molar-refractivity contribution in [2.45, 2.75) is 31.0 Å². The third kappa shape index (κ3) is 4.59. The molecule has 0 aromatic heterocycles. The smallest absolute Gasteiger partial charge is 0.265 e. The molecular formula is C19H22BrFN2O4S. The Balaban J connectivity index is 1.86. The summed E-state index contributed by atoms with van der Waals surface area (Å²) in [6, 6.07) is 8.96. The minimum absolute atomic E-state index is 0.00896. The van der Waals surface area contributed by atoms with E-state index in [0.717, 1.165) is 0 Å². The maximum atomic E-state index is 14.7. The first-order valence-corrected chi connectivity index (χ1v) is 11.0. The molecule has 2 aromatic rings. The standard InChI is InChI=1S/C19H22BrFN2O4S/c1-12-10-23(11-13(2)27-12)17-6-5-15(9-16(17)21)22-28(24,25)19-8-14(20)4-7-18(19)26-3/h4-9,12-13,22H,10-11H2,1-3H3/t12-,13-/m0/s1. The van der Waals surface area contributed by atoms with Crippen LogP contribution in [0.3, 0.4) is 0 Å². The van der Waals surface area contributed by atoms with Crippen molar-refractivity contribution < 1.29 is 22.3 Å². The quantitative estimate of drug-likeness (QED) is 0.711. The SMILES string of the molecule is COc1ccc(Br)cc1S(=O)(=O)Nc1ccc(N2C[C@H](C)O[C@@H](C)C2)c(F)c1. The molecule has 0 amide bonds. The van der Waals surface area contributed by atoms with Gasteiger partial charge in [0.15, 0.2) is 0 Å². The second kappa shape index (κ2) is 8.26. The molecule has 3 rings (SSSR count). The van der Waals surface area contributed by atoms with Gasteiger partial charge in [-0.1, -0.05) is 15.9 Å². The third-order valence-corrected chi connectivity index (χ3v) is 6.27. The van der Waals surface area contributed by atoms with Gasteiger partial charge in [0.25, 0.3) is 10.0 Å². The number of anilines is 2. The number of nitrogens with one attached hydrogen (secondary N) is 1. The van der Waals surface area contributed by atoms with Crippen molar-refractivity contribution in [2.75, 3.05) is 29.8 Å². The Morgan fingerprint density at radius 2 is 1.86 bits per heavy atom. The highest BCUT2D eigenvalue weighted by atomic mass is 79.9. The van der Waals surface area contributed by atoms with E-state index < -0.39 is 15.8 Å². The Kier molecular flexibility index (Phi) is 6.16. The van der Waals surface area contributed by atoms with Gasteiger partial charge >= 0.3 is 0 Å². The molecule has 1 aliphatic heterocycles. The lowest BCUT2D eigenvalue weighted by Crippen LogP contribution is -2.45. The van der Waals surface area contributed by atoms with Crippen molar-refractivity contribution in [1.29, 1.82) is 0 Å². The molecule has 1 saturated heterocycles. The summed E-state index contributed by atoms with van der Waals surface area (Å²) in [4.78, 5) is 1.87. The molecule has 2 aromatic carbocycles. The van der Waals surface area contributed by atoms with Crippen molar-refractivity contribution in [1.82, 2.24) is 0 Å². The first-order chi connectivity index (χ1) is 13.2. The number of halogens is 2. The van der Waals surface area contributed by atoms with Crippen LogP contribution in [0.2, 0.25) is 0 Å². The second-order valence-corrected chi connectivity index (χ2v) is 9.30. The van der Waals surface area contributed by atoms with Crippen LogP contribution >= 0.6 is 15.9 Å². The van der Waals surface area contributed by atoms with Gasteiger partial charge < -0.3 is 14.4 Å². The molecule has 152 valence electrons. The zero-order valence-electron chi connectivity index (χ0n) is 15.8. The van der Waals surface area contributed by atoms with E-state index in [-0.39, 0.29) is 28.5 Å². The van der Waals surface area contributed by atoms with E-state index in [0.29, 0.717) is 23.2 Å². The first-order valence-electron chi connectivity index (χ1n) is 8.76. The lowest BCUT2D eigenvalue weighted by Gasteiger charge is -2.37. The number of ether oxygens (including phenoxy) is 2. The van der Waals surface area contributed by atoms with E-state index in [1.54, 1.807) is 24.3 Å². The number of benzene rings is 2. The van der Waals surface area contributed by atoms with Crippen molar-refractivity contribution in [3.8, 4) is 5.75 Å². The molecule has 0 aliphatic carbocycles. The van der Waals surface area contributed by atoms with E-state index >= 15 is 0 Å². The lowest BCUT2D eigenvalue weighted by atomic mass is 10.2. The highest BCUT2D eigenvalue weighted by Gasteiger charge is 2.25. The van der Waals surface area contributed by atoms with Gasteiger partial charge in [-0.25, -0.2) is 12.8 Å². The largest absolute Gasteiger partial charge is 0.495 e. The van der Waals surface area contributed by atoms with Crippen molar-refractivity contribution in [3.05, 3.63) is 46.7 Å². The molecule has 0 radical (unpaired) electrons. The van der Waals surface area contributed by atoms with E-state index in [4.69, 9.17) is 9.47 Å². The number of methoxy groups -OCH3 is 1. The van der Waals surface area contributed by atoms with E-state index in [1.807, 2.05) is 18.7 Å². The average molecular weight is 473 g/mol. The number of nitrogens with zero attached hydrogens (tertiary/aromatic N) is 1. The Morgan fingerprint density at radius 1 is 1.18 bits per heavy atom. The lowest BCUT2D eigenvalue weighted by molar-refractivity contribution is -0.00539. The molecule has 2 atom stereocenters. The predicted octanol–water partition coefficient (Wildman–Crippen LogP) is 4.01. The van der Waals surface area contributed by atoms with Gasteiger partial charge in [0.2, 0.25) is 0 Å². The maximum Gasteiger partial charge on any atom is 0.265 e. The zero-order chi connectivity index (χ0) is 20.5. The maximum absolute atomic E-state index is 14.7. The van der Waals surface area contributed by atoms with Gasteiger partial charge in [0.1, 0.15) is 16.5 Å². The molecule has 0 saturated carbocycles. The summed E-state index contributed by atoms with van der Waals surface area (Å²) in [6.07, 6.45) is -0.0179. The topological polar surface area (TPSA) is 67.9 Å². The molecule has 1 fully saturated rings. The minimum Gasteiger partial charge on any atom is -0.495 e. The Labute approximate surface area is 172 Å². The molecule has 1 aliphatic rings. The monoisotopic (exact) mass is 472 g/mol. The van der Waals surface area contributed by atoms with Crippen molar-refractivity contribution in [3.63, 3.8) is 0 Å². The van der Waals surface area contributed by atoms with Gasteiger partial charge in [-0.15, -0.1) is 0 Å². The minimum atomic E-state index is -3.96. The molecule has 6 nitrogen and oxygen atoms in total. The number of hydrogen-bond donors (Lipinski definition) is 1. The fraction of sp³-hybridized carbons (Fsp3) is 0.368. The van der Waals surface area contributed by atoms with Crippen LogP contribution in [0.15, 0.2) is 45.8 Å². The van der Waals surface area contributed by atoms with Crippen molar-refractivity contribution >= 4 is 37.3 Å². The highest BCUT2D eigenvalue weighted by Crippen LogP contribution is 2.31. The van der Waals surface area contributed by atoms with Gasteiger partial charge in [-0.2, -0.15) is 0 Å². The van der Waals surface area contributed by atoms with Gasteiger partial charge in [0.05, 0.1) is 30.7 Å². The van der Waals surface area contributed by atoms with Gasteiger partial charge in [0, 0.05) is 23.6 Å². The van der Waals surface area contributed by atoms with E-state index in [1.165, 1.54) is 19.2 Å². The summed E-state index contributed by atoms with van der Waals surface area (Å²) in [5, 5.41) is 0. The number of morpholine rings is 1. The fourth-order valence-corrected chi connectivity index (χ4v) is 5.03. The predicted molar refractivity (Wildman–Crippen MR) is 110 cm³/mol. The summed E-state index contributed by atoms with van der Waals surface area (Å²) in [7, 11) is -2.57. The van der Waals surface area contributed by atoms with Gasteiger partial charge in [-0.3, -0.25) is 4.72 Å². The van der Waals surface area contributed by atoms with Crippen molar-refractivity contribution in [2.24, 2.45) is 0 Å². The summed E-state index contributed by atoms with van der Waals surface area (Å²) in [5.74, 6) is -0.299. The average Bonchev–Trinajstić information content (AvgIpc) is 2.60. The van der Waals surface area contributed by atoms with Crippen LogP contribution in [-0.4, -0.2) is 40.8 Å². The van der Waals surface area contributed by atoms with Gasteiger partial charge in [-0.05, 0) is 44.2 Å². The summed E-state index contributed by atoms with van der Waals surface area (Å²) in [6.45, 7) is 5.02. The van der Waals surface area contributed by atoms with Crippen LogP contribution < -0.4 is 14.4 Å². The van der Waals surface area contributed by atoms with Crippen LogP contribution in [-0.2, 0) is 14.8 Å². The molecular weight excluding hydrogens is 451 g/mol. The van der Waals surface area contributed by atoms with Crippen LogP contribution in [0.4, 0.5) is 15.8 Å².